The van der Waals surface area contributed by atoms with Gasteiger partial charge in [-0.2, -0.15) is 0 Å². The molecule has 2 aromatic rings. The third-order valence-electron chi connectivity index (χ3n) is 5.21. The van der Waals surface area contributed by atoms with Gasteiger partial charge < -0.3 is 4.74 Å². The van der Waals surface area contributed by atoms with Gasteiger partial charge in [0.15, 0.2) is 17.5 Å². The molecule has 1 aliphatic carbocycles. The summed E-state index contributed by atoms with van der Waals surface area (Å²) in [7, 11) is 0. The highest BCUT2D eigenvalue weighted by atomic mass is 19.2. The van der Waals surface area contributed by atoms with Gasteiger partial charge in [0.25, 0.3) is 0 Å². The fourth-order valence-corrected chi connectivity index (χ4v) is 3.67. The maximum absolute atomic E-state index is 13.3. The smallest absolute Gasteiger partial charge is 0.343 e. The molecule has 2 nitrogen and oxygen atoms in total. The van der Waals surface area contributed by atoms with Gasteiger partial charge in [-0.05, 0) is 49.1 Å². The lowest BCUT2D eigenvalue weighted by atomic mass is 9.76. The van der Waals surface area contributed by atoms with Gasteiger partial charge in [0.1, 0.15) is 5.75 Å². The summed E-state index contributed by atoms with van der Waals surface area (Å²) in [5.41, 5.74) is 1.28. The van der Waals surface area contributed by atoms with Crippen LogP contribution in [0.15, 0.2) is 36.4 Å². The van der Waals surface area contributed by atoms with Gasteiger partial charge >= 0.3 is 5.97 Å². The van der Waals surface area contributed by atoms with Gasteiger partial charge in [-0.15, -0.1) is 0 Å². The Labute approximate surface area is 151 Å². The molecule has 0 aromatic heterocycles. The number of ether oxygens (including phenoxy) is 1. The molecule has 3 rings (SSSR count). The van der Waals surface area contributed by atoms with Crippen molar-refractivity contribution in [2.45, 2.75) is 44.9 Å². The van der Waals surface area contributed by atoms with E-state index in [0.29, 0.717) is 17.7 Å². The van der Waals surface area contributed by atoms with E-state index in [1.54, 1.807) is 12.1 Å². The Morgan fingerprint density at radius 2 is 1.65 bits per heavy atom. The van der Waals surface area contributed by atoms with Crippen LogP contribution in [0.2, 0.25) is 0 Å². The Balaban J connectivity index is 1.80. The van der Waals surface area contributed by atoms with Crippen LogP contribution in [0.1, 0.15) is 60.9 Å². The van der Waals surface area contributed by atoms with Crippen LogP contribution in [-0.2, 0) is 0 Å². The van der Waals surface area contributed by atoms with Crippen LogP contribution in [-0.4, -0.2) is 5.97 Å². The predicted octanol–water partition coefficient (Wildman–Crippen LogP) is 6.01. The summed E-state index contributed by atoms with van der Waals surface area (Å²) in [6, 6.07) is 8.49. The second-order valence-electron chi connectivity index (χ2n) is 6.80. The zero-order valence-corrected chi connectivity index (χ0v) is 14.6. The molecule has 0 heterocycles. The molecule has 1 fully saturated rings. The largest absolute Gasteiger partial charge is 0.423 e. The van der Waals surface area contributed by atoms with Crippen molar-refractivity contribution in [2.24, 2.45) is 5.92 Å². The minimum Gasteiger partial charge on any atom is -0.423 e. The second-order valence-corrected chi connectivity index (χ2v) is 6.80. The average Bonchev–Trinajstić information content (AvgIpc) is 2.66. The van der Waals surface area contributed by atoms with E-state index in [-0.39, 0.29) is 11.7 Å². The molecule has 0 atom stereocenters. The molecular formula is C21H21F3O2. The summed E-state index contributed by atoms with van der Waals surface area (Å²) in [4.78, 5) is 12.5. The summed E-state index contributed by atoms with van der Waals surface area (Å²) < 4.78 is 44.8. The van der Waals surface area contributed by atoms with E-state index in [1.165, 1.54) is 0 Å². The lowest BCUT2D eigenvalue weighted by Crippen LogP contribution is -2.17. The molecule has 0 N–H and O–H groups in total. The molecule has 0 spiro atoms. The van der Waals surface area contributed by atoms with Gasteiger partial charge in [-0.25, -0.2) is 18.0 Å². The second kappa shape index (κ2) is 7.94. The van der Waals surface area contributed by atoms with Crippen LogP contribution in [0.25, 0.3) is 0 Å². The maximum atomic E-state index is 13.3. The normalized spacial score (nSPS) is 20.0. The first-order chi connectivity index (χ1) is 12.5. The minimum absolute atomic E-state index is 0.267. The Kier molecular flexibility index (Phi) is 5.64. The maximum Gasteiger partial charge on any atom is 0.343 e. The molecule has 138 valence electrons. The van der Waals surface area contributed by atoms with Crippen molar-refractivity contribution in [1.82, 2.24) is 0 Å². The first kappa shape index (κ1) is 18.5. The summed E-state index contributed by atoms with van der Waals surface area (Å²) in [6.07, 6.45) is 5.42. The molecule has 0 radical (unpaired) electrons. The number of halogens is 3. The van der Waals surface area contributed by atoms with Crippen LogP contribution in [0, 0.1) is 23.4 Å². The highest BCUT2D eigenvalue weighted by Crippen LogP contribution is 2.38. The molecule has 26 heavy (non-hydrogen) atoms. The van der Waals surface area contributed by atoms with Crippen molar-refractivity contribution in [1.29, 1.82) is 0 Å². The number of rotatable bonds is 4. The molecule has 1 saturated carbocycles. The lowest BCUT2D eigenvalue weighted by molar-refractivity contribution is 0.0731. The van der Waals surface area contributed by atoms with Crippen molar-refractivity contribution in [3.05, 3.63) is 65.0 Å². The van der Waals surface area contributed by atoms with Crippen LogP contribution in [0.3, 0.4) is 0 Å². The topological polar surface area (TPSA) is 26.3 Å². The third-order valence-corrected chi connectivity index (χ3v) is 5.21. The molecular weight excluding hydrogens is 341 g/mol. The Bertz CT molecular complexity index is 773. The number of hydrogen-bond donors (Lipinski definition) is 0. The minimum atomic E-state index is -1.59. The number of benzene rings is 2. The van der Waals surface area contributed by atoms with Crippen molar-refractivity contribution >= 4 is 5.97 Å². The molecule has 0 unspecified atom stereocenters. The zero-order chi connectivity index (χ0) is 18.7. The SMILES string of the molecule is CCC1CCC(c2ccccc2C(=O)Oc2cc(F)c(F)c(F)c2)CC1. The van der Waals surface area contributed by atoms with Crippen LogP contribution < -0.4 is 4.74 Å². The molecule has 0 amide bonds. The third kappa shape index (κ3) is 3.92. The average molecular weight is 362 g/mol. The molecule has 5 heteroatoms. The molecule has 1 aliphatic rings. The van der Waals surface area contributed by atoms with Crippen molar-refractivity contribution < 1.29 is 22.7 Å². The number of carbonyl (C=O) groups is 1. The standard InChI is InChI=1S/C21H21F3O2/c1-2-13-7-9-14(10-8-13)16-5-3-4-6-17(16)21(25)26-15-11-18(22)20(24)19(23)12-15/h3-6,11-14H,2,7-10H2,1H3. The zero-order valence-electron chi connectivity index (χ0n) is 14.6. The summed E-state index contributed by atoms with van der Waals surface area (Å²) >= 11 is 0. The fourth-order valence-electron chi connectivity index (χ4n) is 3.67. The Hall–Kier alpha value is -2.30. The summed E-state index contributed by atoms with van der Waals surface area (Å²) in [5.74, 6) is -4.41. The first-order valence-corrected chi connectivity index (χ1v) is 8.95. The summed E-state index contributed by atoms with van der Waals surface area (Å²) in [5, 5.41) is 0. The number of esters is 1. The first-order valence-electron chi connectivity index (χ1n) is 8.95. The van der Waals surface area contributed by atoms with Crippen LogP contribution in [0.4, 0.5) is 13.2 Å². The number of hydrogen-bond acceptors (Lipinski definition) is 2. The monoisotopic (exact) mass is 362 g/mol. The quantitative estimate of drug-likeness (QED) is 0.378. The highest BCUT2D eigenvalue weighted by Gasteiger charge is 2.25. The van der Waals surface area contributed by atoms with E-state index in [9.17, 15) is 18.0 Å². The highest BCUT2D eigenvalue weighted by molar-refractivity contribution is 5.92. The van der Waals surface area contributed by atoms with E-state index < -0.39 is 23.4 Å². The number of carbonyl (C=O) groups excluding carboxylic acids is 1. The predicted molar refractivity (Wildman–Crippen MR) is 92.7 cm³/mol. The molecule has 2 aromatic carbocycles. The van der Waals surface area contributed by atoms with E-state index >= 15 is 0 Å². The van der Waals surface area contributed by atoms with Crippen LogP contribution in [0.5, 0.6) is 5.75 Å². The van der Waals surface area contributed by atoms with E-state index in [4.69, 9.17) is 4.74 Å². The van der Waals surface area contributed by atoms with Gasteiger partial charge in [0.2, 0.25) is 0 Å². The van der Waals surface area contributed by atoms with Crippen molar-refractivity contribution in [3.63, 3.8) is 0 Å². The molecule has 0 bridgehead atoms. The van der Waals surface area contributed by atoms with Gasteiger partial charge in [-0.3, -0.25) is 0 Å². The van der Waals surface area contributed by atoms with Crippen molar-refractivity contribution in [3.8, 4) is 5.75 Å². The molecule has 0 saturated heterocycles. The Morgan fingerprint density at radius 1 is 1.04 bits per heavy atom. The van der Waals surface area contributed by atoms with Gasteiger partial charge in [-0.1, -0.05) is 31.5 Å². The lowest BCUT2D eigenvalue weighted by Gasteiger charge is -2.29. The summed E-state index contributed by atoms with van der Waals surface area (Å²) in [6.45, 7) is 2.19. The van der Waals surface area contributed by atoms with E-state index in [1.807, 2.05) is 12.1 Å². The molecule has 0 aliphatic heterocycles. The Morgan fingerprint density at radius 3 is 2.27 bits per heavy atom. The van der Waals surface area contributed by atoms with Gasteiger partial charge in [0.05, 0.1) is 5.56 Å². The van der Waals surface area contributed by atoms with E-state index in [2.05, 4.69) is 6.92 Å². The van der Waals surface area contributed by atoms with E-state index in [0.717, 1.165) is 43.6 Å². The van der Waals surface area contributed by atoms with Crippen LogP contribution >= 0.6 is 0 Å². The fraction of sp³-hybridized carbons (Fsp3) is 0.381. The van der Waals surface area contributed by atoms with Gasteiger partial charge in [0, 0.05) is 12.1 Å². The van der Waals surface area contributed by atoms with Crippen molar-refractivity contribution in [2.75, 3.05) is 0 Å².